The van der Waals surface area contributed by atoms with Crippen LogP contribution in [0.5, 0.6) is 0 Å². The molecule has 0 saturated carbocycles. The summed E-state index contributed by atoms with van der Waals surface area (Å²) >= 11 is 0. The Morgan fingerprint density at radius 2 is 1.95 bits per heavy atom. The van der Waals surface area contributed by atoms with Crippen molar-refractivity contribution in [3.8, 4) is 0 Å². The SMILES string of the molecule is CC(C)(C)c1cnc(CN[C@H](C(N)=O)C(C)(C)C)o1. The lowest BCUT2D eigenvalue weighted by molar-refractivity contribution is -0.122. The third-order valence-corrected chi connectivity index (χ3v) is 2.90. The highest BCUT2D eigenvalue weighted by atomic mass is 16.4. The fourth-order valence-electron chi connectivity index (χ4n) is 1.76. The normalized spacial score (nSPS) is 14.4. The summed E-state index contributed by atoms with van der Waals surface area (Å²) in [5.41, 5.74) is 5.09. The molecule has 0 bridgehead atoms. The number of nitrogens with two attached hydrogens (primary N) is 1. The van der Waals surface area contributed by atoms with Crippen LogP contribution >= 0.6 is 0 Å². The van der Waals surface area contributed by atoms with Crippen molar-refractivity contribution in [2.75, 3.05) is 0 Å². The van der Waals surface area contributed by atoms with Gasteiger partial charge in [-0.05, 0) is 5.41 Å². The number of nitrogens with one attached hydrogen (secondary N) is 1. The number of primary amides is 1. The van der Waals surface area contributed by atoms with Crippen LogP contribution in [-0.2, 0) is 16.8 Å². The monoisotopic (exact) mass is 267 g/mol. The molecule has 1 rings (SSSR count). The number of rotatable bonds is 4. The number of carbonyl (C=O) groups is 1. The van der Waals surface area contributed by atoms with E-state index in [9.17, 15) is 4.79 Å². The van der Waals surface area contributed by atoms with Crippen molar-refractivity contribution in [3.63, 3.8) is 0 Å². The van der Waals surface area contributed by atoms with Crippen LogP contribution in [0.4, 0.5) is 0 Å². The third kappa shape index (κ3) is 4.35. The number of hydrogen-bond acceptors (Lipinski definition) is 4. The van der Waals surface area contributed by atoms with Gasteiger partial charge in [0.25, 0.3) is 0 Å². The molecule has 0 aromatic carbocycles. The van der Waals surface area contributed by atoms with Crippen molar-refractivity contribution in [3.05, 3.63) is 17.8 Å². The maximum atomic E-state index is 11.4. The summed E-state index contributed by atoms with van der Waals surface area (Å²) in [6, 6.07) is -0.419. The van der Waals surface area contributed by atoms with Crippen molar-refractivity contribution in [1.82, 2.24) is 10.3 Å². The van der Waals surface area contributed by atoms with Gasteiger partial charge in [0, 0.05) is 5.41 Å². The molecular weight excluding hydrogens is 242 g/mol. The van der Waals surface area contributed by atoms with E-state index in [1.165, 1.54) is 0 Å². The Morgan fingerprint density at radius 3 is 2.32 bits per heavy atom. The second-order valence-electron chi connectivity index (χ2n) is 6.95. The molecule has 0 saturated heterocycles. The molecule has 3 N–H and O–H groups in total. The summed E-state index contributed by atoms with van der Waals surface area (Å²) in [6.07, 6.45) is 1.73. The Balaban J connectivity index is 2.71. The van der Waals surface area contributed by atoms with Crippen LogP contribution in [0.3, 0.4) is 0 Å². The first-order valence-corrected chi connectivity index (χ1v) is 6.49. The van der Waals surface area contributed by atoms with Crippen LogP contribution in [0.2, 0.25) is 0 Å². The molecule has 1 heterocycles. The van der Waals surface area contributed by atoms with E-state index in [1.54, 1.807) is 6.20 Å². The molecule has 108 valence electrons. The van der Waals surface area contributed by atoms with Gasteiger partial charge >= 0.3 is 0 Å². The van der Waals surface area contributed by atoms with E-state index in [0.717, 1.165) is 5.76 Å². The van der Waals surface area contributed by atoms with E-state index < -0.39 is 6.04 Å². The zero-order valence-corrected chi connectivity index (χ0v) is 12.7. The molecule has 19 heavy (non-hydrogen) atoms. The second-order valence-corrected chi connectivity index (χ2v) is 6.95. The Labute approximate surface area is 115 Å². The minimum absolute atomic E-state index is 0.0711. The Morgan fingerprint density at radius 1 is 1.37 bits per heavy atom. The van der Waals surface area contributed by atoms with Gasteiger partial charge in [0.15, 0.2) is 0 Å². The average Bonchev–Trinajstić information content (AvgIpc) is 2.62. The van der Waals surface area contributed by atoms with Gasteiger partial charge in [-0.25, -0.2) is 4.98 Å². The van der Waals surface area contributed by atoms with Crippen LogP contribution in [0.15, 0.2) is 10.6 Å². The number of carbonyl (C=O) groups excluding carboxylic acids is 1. The Bertz CT molecular complexity index is 438. The van der Waals surface area contributed by atoms with E-state index >= 15 is 0 Å². The minimum Gasteiger partial charge on any atom is -0.444 e. The molecule has 5 nitrogen and oxygen atoms in total. The standard InChI is InChI=1S/C14H25N3O2/c1-13(2,3)9-7-16-10(19-9)8-17-11(12(15)18)14(4,5)6/h7,11,17H,8H2,1-6H3,(H2,15,18)/t11-/m1/s1. The fraction of sp³-hybridized carbons (Fsp3) is 0.714. The van der Waals surface area contributed by atoms with E-state index in [2.05, 4.69) is 31.1 Å². The molecule has 0 aliphatic heterocycles. The van der Waals surface area contributed by atoms with E-state index in [4.69, 9.17) is 10.2 Å². The van der Waals surface area contributed by atoms with Crippen molar-refractivity contribution in [2.45, 2.75) is 59.5 Å². The molecule has 0 spiro atoms. The third-order valence-electron chi connectivity index (χ3n) is 2.90. The maximum absolute atomic E-state index is 11.4. The van der Waals surface area contributed by atoms with Crippen LogP contribution in [0.25, 0.3) is 0 Å². The molecule has 1 amide bonds. The molecule has 1 aromatic heterocycles. The van der Waals surface area contributed by atoms with Gasteiger partial charge < -0.3 is 10.2 Å². The average molecular weight is 267 g/mol. The van der Waals surface area contributed by atoms with Crippen LogP contribution < -0.4 is 11.1 Å². The van der Waals surface area contributed by atoms with Crippen molar-refractivity contribution < 1.29 is 9.21 Å². The molecule has 0 unspecified atom stereocenters. The number of oxazole rings is 1. The van der Waals surface area contributed by atoms with Crippen LogP contribution in [0, 0.1) is 5.41 Å². The minimum atomic E-state index is -0.419. The summed E-state index contributed by atoms with van der Waals surface area (Å²) in [6.45, 7) is 12.5. The van der Waals surface area contributed by atoms with E-state index in [-0.39, 0.29) is 16.7 Å². The molecule has 0 aliphatic carbocycles. The van der Waals surface area contributed by atoms with Gasteiger partial charge in [0.1, 0.15) is 5.76 Å². The zero-order valence-electron chi connectivity index (χ0n) is 12.7. The first-order valence-electron chi connectivity index (χ1n) is 6.49. The molecule has 0 aliphatic rings. The van der Waals surface area contributed by atoms with Crippen LogP contribution in [0.1, 0.15) is 53.2 Å². The van der Waals surface area contributed by atoms with E-state index in [0.29, 0.717) is 12.4 Å². The largest absolute Gasteiger partial charge is 0.444 e. The second kappa shape index (κ2) is 5.33. The van der Waals surface area contributed by atoms with Gasteiger partial charge in [-0.3, -0.25) is 10.1 Å². The number of amides is 1. The molecule has 0 radical (unpaired) electrons. The Hall–Kier alpha value is -1.36. The topological polar surface area (TPSA) is 81.1 Å². The summed E-state index contributed by atoms with van der Waals surface area (Å²) in [4.78, 5) is 15.7. The molecule has 0 fully saturated rings. The molecular formula is C14H25N3O2. The van der Waals surface area contributed by atoms with E-state index in [1.807, 2.05) is 20.8 Å². The lowest BCUT2D eigenvalue weighted by Crippen LogP contribution is -2.49. The van der Waals surface area contributed by atoms with Gasteiger partial charge in [-0.15, -0.1) is 0 Å². The highest BCUT2D eigenvalue weighted by molar-refractivity contribution is 5.80. The predicted octanol–water partition coefficient (Wildman–Crippen LogP) is 1.96. The van der Waals surface area contributed by atoms with Crippen LogP contribution in [-0.4, -0.2) is 16.9 Å². The lowest BCUT2D eigenvalue weighted by Gasteiger charge is -2.28. The Kier molecular flexibility index (Phi) is 4.40. The van der Waals surface area contributed by atoms with Crippen molar-refractivity contribution in [2.24, 2.45) is 11.1 Å². The first kappa shape index (κ1) is 15.7. The summed E-state index contributed by atoms with van der Waals surface area (Å²) in [7, 11) is 0. The zero-order chi connectivity index (χ0) is 14.8. The van der Waals surface area contributed by atoms with Crippen molar-refractivity contribution >= 4 is 5.91 Å². The number of aromatic nitrogens is 1. The highest BCUT2D eigenvalue weighted by Crippen LogP contribution is 2.23. The van der Waals surface area contributed by atoms with Gasteiger partial charge in [-0.1, -0.05) is 41.5 Å². The predicted molar refractivity (Wildman–Crippen MR) is 74.5 cm³/mol. The lowest BCUT2D eigenvalue weighted by atomic mass is 9.86. The number of hydrogen-bond donors (Lipinski definition) is 2. The highest BCUT2D eigenvalue weighted by Gasteiger charge is 2.29. The molecule has 5 heteroatoms. The van der Waals surface area contributed by atoms with Gasteiger partial charge in [0.05, 0.1) is 18.8 Å². The fourth-order valence-corrected chi connectivity index (χ4v) is 1.76. The quantitative estimate of drug-likeness (QED) is 0.873. The summed E-state index contributed by atoms with van der Waals surface area (Å²) in [5, 5.41) is 3.11. The molecule has 1 atom stereocenters. The van der Waals surface area contributed by atoms with Gasteiger partial charge in [0.2, 0.25) is 11.8 Å². The molecule has 1 aromatic rings. The number of nitrogens with zero attached hydrogens (tertiary/aromatic N) is 1. The first-order chi connectivity index (χ1) is 8.51. The summed E-state index contributed by atoms with van der Waals surface area (Å²) < 4.78 is 5.67. The smallest absolute Gasteiger partial charge is 0.235 e. The van der Waals surface area contributed by atoms with Gasteiger partial charge in [-0.2, -0.15) is 0 Å². The van der Waals surface area contributed by atoms with Crippen molar-refractivity contribution in [1.29, 1.82) is 0 Å². The maximum Gasteiger partial charge on any atom is 0.235 e. The summed E-state index contributed by atoms with van der Waals surface area (Å²) in [5.74, 6) is 1.03.